The number of nitrogens with two attached hydrogens (primary N) is 1. The number of aryl methyl sites for hydroxylation is 2. The summed E-state index contributed by atoms with van der Waals surface area (Å²) in [6, 6.07) is 0. The molecule has 0 aliphatic heterocycles. The molecule has 0 spiro atoms. The predicted octanol–water partition coefficient (Wildman–Crippen LogP) is 3.70. The van der Waals surface area contributed by atoms with Gasteiger partial charge in [-0.15, -0.1) is 6.42 Å². The summed E-state index contributed by atoms with van der Waals surface area (Å²) < 4.78 is 1.91. The van der Waals surface area contributed by atoms with E-state index in [0.29, 0.717) is 6.54 Å². The number of unbranched alkanes of at least 4 members (excludes halogenated alkanes) is 6. The van der Waals surface area contributed by atoms with Gasteiger partial charge in [0, 0.05) is 0 Å². The van der Waals surface area contributed by atoms with E-state index in [1.54, 1.807) is 0 Å². The lowest BCUT2D eigenvalue weighted by atomic mass is 10.1. The largest absolute Gasteiger partial charge is 0.384 e. The summed E-state index contributed by atoms with van der Waals surface area (Å²) in [5, 5.41) is 0. The highest BCUT2D eigenvalue weighted by Crippen LogP contribution is 2.17. The van der Waals surface area contributed by atoms with Gasteiger partial charge in [0.05, 0.1) is 12.2 Å². The zero-order chi connectivity index (χ0) is 14.1. The number of nitrogens with zero attached hydrogens (tertiary/aromatic N) is 2. The smallest absolute Gasteiger partial charge is 0.127 e. The number of anilines is 1. The number of nitrogen functional groups attached to an aromatic ring is 1. The van der Waals surface area contributed by atoms with Gasteiger partial charge in [0.2, 0.25) is 0 Å². The molecule has 0 unspecified atom stereocenters. The monoisotopic (exact) mass is 261 g/mol. The van der Waals surface area contributed by atoms with Gasteiger partial charge in [-0.1, -0.05) is 51.4 Å². The van der Waals surface area contributed by atoms with Crippen LogP contribution < -0.4 is 5.73 Å². The van der Waals surface area contributed by atoms with Crippen LogP contribution in [0.15, 0.2) is 0 Å². The summed E-state index contributed by atoms with van der Waals surface area (Å²) in [4.78, 5) is 4.52. The van der Waals surface area contributed by atoms with Crippen molar-refractivity contribution < 1.29 is 0 Å². The molecule has 1 aromatic heterocycles. The lowest BCUT2D eigenvalue weighted by molar-refractivity contribution is 0.588. The lowest BCUT2D eigenvalue weighted by Gasteiger charge is -2.03. The lowest BCUT2D eigenvalue weighted by Crippen LogP contribution is -2.04. The Morgan fingerprint density at radius 2 is 1.79 bits per heavy atom. The van der Waals surface area contributed by atoms with Crippen LogP contribution in [0.1, 0.15) is 63.4 Å². The van der Waals surface area contributed by atoms with Gasteiger partial charge in [0.1, 0.15) is 11.6 Å². The molecule has 0 radical (unpaired) electrons. The molecule has 0 atom stereocenters. The van der Waals surface area contributed by atoms with Crippen LogP contribution in [0.4, 0.5) is 5.82 Å². The zero-order valence-corrected chi connectivity index (χ0v) is 12.4. The first kappa shape index (κ1) is 15.6. The van der Waals surface area contributed by atoms with Crippen LogP contribution in [0.3, 0.4) is 0 Å². The second kappa shape index (κ2) is 8.63. The molecule has 0 saturated carbocycles. The van der Waals surface area contributed by atoms with Crippen molar-refractivity contribution >= 4 is 5.82 Å². The van der Waals surface area contributed by atoms with Crippen LogP contribution in [0, 0.1) is 19.3 Å². The number of imidazole rings is 1. The number of hydrogen-bond acceptors (Lipinski definition) is 2. The van der Waals surface area contributed by atoms with E-state index >= 15 is 0 Å². The Morgan fingerprint density at radius 3 is 2.42 bits per heavy atom. The molecule has 1 heterocycles. The van der Waals surface area contributed by atoms with Crippen molar-refractivity contribution in [1.82, 2.24) is 9.55 Å². The predicted molar refractivity (Wildman–Crippen MR) is 81.9 cm³/mol. The minimum Gasteiger partial charge on any atom is -0.384 e. The minimum absolute atomic E-state index is 0.516. The molecule has 0 fully saturated rings. The molecule has 3 nitrogen and oxygen atoms in total. The Morgan fingerprint density at radius 1 is 1.16 bits per heavy atom. The highest BCUT2D eigenvalue weighted by Gasteiger charge is 2.10. The van der Waals surface area contributed by atoms with Crippen molar-refractivity contribution in [1.29, 1.82) is 0 Å². The molecule has 3 heteroatoms. The molecular weight excluding hydrogens is 234 g/mol. The average Bonchev–Trinajstić information content (AvgIpc) is 2.66. The van der Waals surface area contributed by atoms with Crippen molar-refractivity contribution in [3.63, 3.8) is 0 Å². The van der Waals surface area contributed by atoms with Gasteiger partial charge in [0.15, 0.2) is 0 Å². The van der Waals surface area contributed by atoms with Crippen molar-refractivity contribution in [3.8, 4) is 12.3 Å². The molecule has 1 rings (SSSR count). The van der Waals surface area contributed by atoms with Gasteiger partial charge in [-0.25, -0.2) is 4.98 Å². The summed E-state index contributed by atoms with van der Waals surface area (Å²) in [6.07, 6.45) is 15.5. The van der Waals surface area contributed by atoms with Crippen molar-refractivity contribution in [3.05, 3.63) is 11.5 Å². The Labute approximate surface area is 117 Å². The van der Waals surface area contributed by atoms with E-state index in [2.05, 4.69) is 17.8 Å². The van der Waals surface area contributed by atoms with Gasteiger partial charge < -0.3 is 10.3 Å². The van der Waals surface area contributed by atoms with Crippen molar-refractivity contribution in [2.24, 2.45) is 0 Å². The normalized spacial score (nSPS) is 10.6. The molecule has 1 aromatic rings. The highest BCUT2D eigenvalue weighted by molar-refractivity contribution is 5.38. The first-order valence-corrected chi connectivity index (χ1v) is 7.45. The standard InChI is InChI=1S/C16H27N3/c1-4-6-7-8-9-10-11-12-15-16(17)19(13-5-2)14(3)18-15/h2H,4,6-13,17H2,1,3H3. The van der Waals surface area contributed by atoms with Gasteiger partial charge in [-0.05, 0) is 19.8 Å². The van der Waals surface area contributed by atoms with E-state index in [0.717, 1.165) is 23.8 Å². The third-order valence-corrected chi connectivity index (χ3v) is 3.54. The maximum absolute atomic E-state index is 6.08. The van der Waals surface area contributed by atoms with Crippen LogP contribution in [-0.2, 0) is 13.0 Å². The number of rotatable bonds is 9. The molecule has 0 aliphatic rings. The Hall–Kier alpha value is -1.43. The quantitative estimate of drug-likeness (QED) is 0.544. The highest BCUT2D eigenvalue weighted by atomic mass is 15.1. The Bertz CT molecular complexity index is 412. The summed E-state index contributed by atoms with van der Waals surface area (Å²) >= 11 is 0. The van der Waals surface area contributed by atoms with E-state index in [4.69, 9.17) is 12.2 Å². The molecule has 0 aliphatic carbocycles. The van der Waals surface area contributed by atoms with Crippen LogP contribution in [0.5, 0.6) is 0 Å². The second-order valence-electron chi connectivity index (χ2n) is 5.15. The van der Waals surface area contributed by atoms with E-state index in [1.807, 2.05) is 11.5 Å². The Kier molecular flexibility index (Phi) is 7.10. The fourth-order valence-electron chi connectivity index (χ4n) is 2.37. The molecule has 0 bridgehead atoms. The number of terminal acetylenes is 1. The number of hydrogen-bond donors (Lipinski definition) is 1. The van der Waals surface area contributed by atoms with Crippen LogP contribution in [0.2, 0.25) is 0 Å². The molecule has 106 valence electrons. The summed E-state index contributed by atoms with van der Waals surface area (Å²) in [5.41, 5.74) is 7.09. The van der Waals surface area contributed by atoms with E-state index in [9.17, 15) is 0 Å². The fraction of sp³-hybridized carbons (Fsp3) is 0.688. The molecule has 2 N–H and O–H groups in total. The van der Waals surface area contributed by atoms with Gasteiger partial charge in [0.25, 0.3) is 0 Å². The topological polar surface area (TPSA) is 43.8 Å². The van der Waals surface area contributed by atoms with Crippen LogP contribution in [-0.4, -0.2) is 9.55 Å². The first-order chi connectivity index (χ1) is 9.20. The van der Waals surface area contributed by atoms with Crippen molar-refractivity contribution in [2.45, 2.75) is 71.8 Å². The summed E-state index contributed by atoms with van der Waals surface area (Å²) in [7, 11) is 0. The van der Waals surface area contributed by atoms with Crippen LogP contribution >= 0.6 is 0 Å². The fourth-order valence-corrected chi connectivity index (χ4v) is 2.37. The van der Waals surface area contributed by atoms with Gasteiger partial charge in [-0.2, -0.15) is 0 Å². The minimum atomic E-state index is 0.516. The third-order valence-electron chi connectivity index (χ3n) is 3.54. The van der Waals surface area contributed by atoms with Crippen molar-refractivity contribution in [2.75, 3.05) is 5.73 Å². The molecule has 0 aromatic carbocycles. The summed E-state index contributed by atoms with van der Waals surface area (Å²) in [6.45, 7) is 4.72. The number of aromatic nitrogens is 2. The van der Waals surface area contributed by atoms with Gasteiger partial charge >= 0.3 is 0 Å². The molecule has 0 saturated heterocycles. The second-order valence-corrected chi connectivity index (χ2v) is 5.15. The zero-order valence-electron chi connectivity index (χ0n) is 12.4. The summed E-state index contributed by atoms with van der Waals surface area (Å²) in [5.74, 6) is 4.29. The van der Waals surface area contributed by atoms with Crippen LogP contribution in [0.25, 0.3) is 0 Å². The molecule has 0 amide bonds. The maximum atomic E-state index is 6.08. The van der Waals surface area contributed by atoms with E-state index in [-0.39, 0.29) is 0 Å². The van der Waals surface area contributed by atoms with Gasteiger partial charge in [-0.3, -0.25) is 0 Å². The SMILES string of the molecule is C#CCn1c(C)nc(CCCCCCCCC)c1N. The van der Waals surface area contributed by atoms with E-state index < -0.39 is 0 Å². The molecular formula is C16H27N3. The molecule has 19 heavy (non-hydrogen) atoms. The first-order valence-electron chi connectivity index (χ1n) is 7.45. The third kappa shape index (κ3) is 4.98. The van der Waals surface area contributed by atoms with E-state index in [1.165, 1.54) is 44.9 Å². The average molecular weight is 261 g/mol. The Balaban J connectivity index is 2.30. The maximum Gasteiger partial charge on any atom is 0.127 e.